The average molecular weight is 268 g/mol. The van der Waals surface area contributed by atoms with Gasteiger partial charge in [0.15, 0.2) is 9.84 Å². The third-order valence-corrected chi connectivity index (χ3v) is 5.02. The summed E-state index contributed by atoms with van der Waals surface area (Å²) in [4.78, 5) is 11.5. The zero-order valence-corrected chi connectivity index (χ0v) is 10.8. The van der Waals surface area contributed by atoms with Crippen molar-refractivity contribution < 1.29 is 13.2 Å². The molecule has 1 heterocycles. The number of hydrazine groups is 1. The highest BCUT2D eigenvalue weighted by Crippen LogP contribution is 2.26. The molecule has 0 spiro atoms. The van der Waals surface area contributed by atoms with Gasteiger partial charge in [-0.1, -0.05) is 12.1 Å². The Hall–Kier alpha value is -1.40. The van der Waals surface area contributed by atoms with E-state index in [1.165, 1.54) is 0 Å². The second-order valence-electron chi connectivity index (χ2n) is 4.43. The summed E-state index contributed by atoms with van der Waals surface area (Å²) in [6.45, 7) is 0. The van der Waals surface area contributed by atoms with E-state index in [0.29, 0.717) is 24.2 Å². The van der Waals surface area contributed by atoms with Crippen molar-refractivity contribution in [1.29, 1.82) is 0 Å². The largest absolute Gasteiger partial charge is 0.294 e. The first-order valence-corrected chi connectivity index (χ1v) is 7.52. The highest BCUT2D eigenvalue weighted by atomic mass is 32.2. The summed E-state index contributed by atoms with van der Waals surface area (Å²) >= 11 is 0. The zero-order valence-electron chi connectivity index (χ0n) is 9.98. The Morgan fingerprint density at radius 3 is 2.89 bits per heavy atom. The minimum absolute atomic E-state index is 0.222. The lowest BCUT2D eigenvalue weighted by Crippen LogP contribution is -2.30. The molecule has 1 aromatic rings. The van der Waals surface area contributed by atoms with Gasteiger partial charge >= 0.3 is 0 Å². The van der Waals surface area contributed by atoms with Crippen molar-refractivity contribution in [3.8, 4) is 0 Å². The Morgan fingerprint density at radius 1 is 1.39 bits per heavy atom. The van der Waals surface area contributed by atoms with Crippen LogP contribution in [0.2, 0.25) is 0 Å². The summed E-state index contributed by atoms with van der Waals surface area (Å²) in [7, 11) is -3.09. The van der Waals surface area contributed by atoms with Crippen LogP contribution in [0.4, 0.5) is 0 Å². The van der Waals surface area contributed by atoms with Gasteiger partial charge < -0.3 is 0 Å². The molecule has 0 atom stereocenters. The third kappa shape index (κ3) is 2.70. The maximum Gasteiger partial charge on any atom is 0.234 e. The molecule has 0 saturated carbocycles. The molecule has 18 heavy (non-hydrogen) atoms. The summed E-state index contributed by atoms with van der Waals surface area (Å²) in [5.41, 5.74) is 3.91. The van der Waals surface area contributed by atoms with E-state index in [4.69, 9.17) is 5.84 Å². The maximum atomic E-state index is 11.8. The van der Waals surface area contributed by atoms with Gasteiger partial charge in [-0.2, -0.15) is 0 Å². The molecule has 1 aromatic carbocycles. The van der Waals surface area contributed by atoms with E-state index in [0.717, 1.165) is 17.5 Å². The Morgan fingerprint density at radius 2 is 2.17 bits per heavy atom. The van der Waals surface area contributed by atoms with Crippen molar-refractivity contribution in [3.05, 3.63) is 29.3 Å². The van der Waals surface area contributed by atoms with Crippen molar-refractivity contribution >= 4 is 15.7 Å². The maximum absolute atomic E-state index is 11.8. The van der Waals surface area contributed by atoms with Gasteiger partial charge in [-0.15, -0.1) is 0 Å². The number of benzene rings is 1. The van der Waals surface area contributed by atoms with Crippen LogP contribution in [0.1, 0.15) is 24.0 Å². The smallest absolute Gasteiger partial charge is 0.234 e. The highest BCUT2D eigenvalue weighted by Gasteiger charge is 2.23. The van der Waals surface area contributed by atoms with Crippen LogP contribution >= 0.6 is 0 Å². The summed E-state index contributed by atoms with van der Waals surface area (Å²) in [6.07, 6.45) is 2.33. The number of nitrogens with two attached hydrogens (primary N) is 1. The van der Waals surface area contributed by atoms with Crippen molar-refractivity contribution in [2.24, 2.45) is 5.84 Å². The Balaban J connectivity index is 2.20. The molecule has 1 amide bonds. The summed E-state index contributed by atoms with van der Waals surface area (Å²) in [5.74, 6) is 5.01. The molecule has 0 saturated heterocycles. The molecule has 0 bridgehead atoms. The molecule has 0 unspecified atom stereocenters. The fourth-order valence-corrected chi connectivity index (χ4v) is 3.76. The molecule has 2 rings (SSSR count). The van der Waals surface area contributed by atoms with Crippen LogP contribution in [0, 0.1) is 0 Å². The number of fused-ring (bicyclic) bond motifs is 1. The Kier molecular flexibility index (Phi) is 3.68. The minimum atomic E-state index is -3.09. The highest BCUT2D eigenvalue weighted by molar-refractivity contribution is 7.91. The first-order chi connectivity index (χ1) is 8.53. The topological polar surface area (TPSA) is 89.3 Å². The predicted octanol–water partition coefficient (Wildman–Crippen LogP) is 0.329. The van der Waals surface area contributed by atoms with E-state index in [9.17, 15) is 13.2 Å². The van der Waals surface area contributed by atoms with Crippen molar-refractivity contribution in [3.63, 3.8) is 0 Å². The van der Waals surface area contributed by atoms with Crippen LogP contribution in [0.25, 0.3) is 0 Å². The lowest BCUT2D eigenvalue weighted by molar-refractivity contribution is -0.121. The molecule has 0 radical (unpaired) electrons. The monoisotopic (exact) mass is 268 g/mol. The first-order valence-electron chi connectivity index (χ1n) is 5.87. The molecule has 0 fully saturated rings. The van der Waals surface area contributed by atoms with Gasteiger partial charge in [0.1, 0.15) is 0 Å². The van der Waals surface area contributed by atoms with Crippen molar-refractivity contribution in [2.45, 2.75) is 30.6 Å². The van der Waals surface area contributed by atoms with Gasteiger partial charge in [-0.05, 0) is 36.5 Å². The van der Waals surface area contributed by atoms with E-state index in [2.05, 4.69) is 5.43 Å². The van der Waals surface area contributed by atoms with Crippen LogP contribution in [0.5, 0.6) is 0 Å². The molecular weight excluding hydrogens is 252 g/mol. The lowest BCUT2D eigenvalue weighted by Gasteiger charge is -2.17. The molecule has 3 N–H and O–H groups in total. The van der Waals surface area contributed by atoms with Gasteiger partial charge in [0.25, 0.3) is 0 Å². The number of hydrogen-bond acceptors (Lipinski definition) is 4. The quantitative estimate of drug-likeness (QED) is 0.469. The van der Waals surface area contributed by atoms with Crippen LogP contribution in [-0.4, -0.2) is 20.1 Å². The molecule has 1 aliphatic rings. The van der Waals surface area contributed by atoms with Gasteiger partial charge in [0.05, 0.1) is 10.6 Å². The lowest BCUT2D eigenvalue weighted by atomic mass is 10.0. The average Bonchev–Trinajstić information content (AvgIpc) is 2.35. The molecule has 98 valence electrons. The SMILES string of the molecule is NNC(=O)CCc1ccc2c(c1)CCCS2(=O)=O. The predicted molar refractivity (Wildman–Crippen MR) is 67.5 cm³/mol. The number of hydrogen-bond donors (Lipinski definition) is 2. The van der Waals surface area contributed by atoms with E-state index in [1.54, 1.807) is 12.1 Å². The molecule has 0 aromatic heterocycles. The van der Waals surface area contributed by atoms with Gasteiger partial charge in [0, 0.05) is 6.42 Å². The number of amides is 1. The van der Waals surface area contributed by atoms with Gasteiger partial charge in [-0.3, -0.25) is 10.2 Å². The van der Waals surface area contributed by atoms with Crippen molar-refractivity contribution in [1.82, 2.24) is 5.43 Å². The van der Waals surface area contributed by atoms with Crippen LogP contribution < -0.4 is 11.3 Å². The number of aryl methyl sites for hydroxylation is 2. The summed E-state index contributed by atoms with van der Waals surface area (Å²) in [6, 6.07) is 5.31. The summed E-state index contributed by atoms with van der Waals surface area (Å²) in [5, 5.41) is 0. The Labute approximate surface area is 106 Å². The molecule has 1 aliphatic heterocycles. The number of carbonyl (C=O) groups excluding carboxylic acids is 1. The second-order valence-corrected chi connectivity index (χ2v) is 6.51. The Bertz CT molecular complexity index is 567. The molecule has 6 heteroatoms. The first kappa shape index (κ1) is 13.0. The van der Waals surface area contributed by atoms with Crippen molar-refractivity contribution in [2.75, 3.05) is 5.75 Å². The fraction of sp³-hybridized carbons (Fsp3) is 0.417. The standard InChI is InChI=1S/C12H16N2O3S/c13-14-12(15)6-4-9-3-5-11-10(8-9)2-1-7-18(11,16)17/h3,5,8H,1-2,4,6-7,13H2,(H,14,15). The van der Waals surface area contributed by atoms with Crippen LogP contribution in [0.15, 0.2) is 23.1 Å². The zero-order chi connectivity index (χ0) is 13.2. The fourth-order valence-electron chi connectivity index (χ4n) is 2.18. The van der Waals surface area contributed by atoms with E-state index < -0.39 is 9.84 Å². The van der Waals surface area contributed by atoms with Crippen LogP contribution in [0.3, 0.4) is 0 Å². The molecule has 0 aliphatic carbocycles. The van der Waals surface area contributed by atoms with E-state index in [-0.39, 0.29) is 11.7 Å². The summed E-state index contributed by atoms with van der Waals surface area (Å²) < 4.78 is 23.6. The van der Waals surface area contributed by atoms with E-state index >= 15 is 0 Å². The minimum Gasteiger partial charge on any atom is -0.294 e. The number of nitrogens with one attached hydrogen (secondary N) is 1. The second kappa shape index (κ2) is 5.07. The van der Waals surface area contributed by atoms with Crippen LogP contribution in [-0.2, 0) is 27.5 Å². The van der Waals surface area contributed by atoms with E-state index in [1.807, 2.05) is 6.07 Å². The van der Waals surface area contributed by atoms with Gasteiger partial charge in [-0.25, -0.2) is 14.3 Å². The number of carbonyl (C=O) groups is 1. The molecule has 5 nitrogen and oxygen atoms in total. The number of rotatable bonds is 3. The normalized spacial score (nSPS) is 16.9. The molecular formula is C12H16N2O3S. The van der Waals surface area contributed by atoms with Gasteiger partial charge in [0.2, 0.25) is 5.91 Å². The number of sulfone groups is 1. The third-order valence-electron chi connectivity index (χ3n) is 3.12.